The molecule has 1 aromatic rings. The highest BCUT2D eigenvalue weighted by molar-refractivity contribution is 5.92. The van der Waals surface area contributed by atoms with Crippen molar-refractivity contribution in [3.63, 3.8) is 0 Å². The fourth-order valence-electron chi connectivity index (χ4n) is 2.36. The molecule has 0 aromatic heterocycles. The third-order valence-electron chi connectivity index (χ3n) is 3.32. The summed E-state index contributed by atoms with van der Waals surface area (Å²) < 4.78 is 24.4. The van der Waals surface area contributed by atoms with Crippen molar-refractivity contribution in [3.8, 4) is 6.07 Å². The standard InChI is InChI=1S/C16H15FN2O3/c1-3-21-16(20)14-13(10-6-4-5-7-12(10)17)11(8-18)9(2)22-15(14)19/h4-7,13H,3,19H2,1-2H3. The lowest BCUT2D eigenvalue weighted by atomic mass is 9.83. The second-order valence-corrected chi connectivity index (χ2v) is 4.64. The second kappa shape index (κ2) is 6.31. The lowest BCUT2D eigenvalue weighted by molar-refractivity contribution is -0.139. The van der Waals surface area contributed by atoms with Gasteiger partial charge in [-0.05, 0) is 19.9 Å². The Hall–Kier alpha value is -2.81. The molecule has 0 amide bonds. The molecule has 1 aliphatic heterocycles. The quantitative estimate of drug-likeness (QED) is 0.867. The van der Waals surface area contributed by atoms with E-state index in [0.29, 0.717) is 0 Å². The SMILES string of the molecule is CCOC(=O)C1=C(N)OC(C)=C(C#N)C1c1ccccc1F. The number of nitriles is 1. The molecule has 2 rings (SSSR count). The van der Waals surface area contributed by atoms with Gasteiger partial charge in [-0.15, -0.1) is 0 Å². The first-order valence-electron chi connectivity index (χ1n) is 6.71. The highest BCUT2D eigenvalue weighted by Crippen LogP contribution is 2.40. The van der Waals surface area contributed by atoms with E-state index < -0.39 is 17.7 Å². The van der Waals surface area contributed by atoms with E-state index in [-0.39, 0.29) is 35.0 Å². The van der Waals surface area contributed by atoms with E-state index in [4.69, 9.17) is 15.2 Å². The first kappa shape index (κ1) is 15.6. The van der Waals surface area contributed by atoms with Crippen LogP contribution in [0.3, 0.4) is 0 Å². The van der Waals surface area contributed by atoms with Crippen LogP contribution in [0.4, 0.5) is 4.39 Å². The van der Waals surface area contributed by atoms with Crippen LogP contribution in [-0.2, 0) is 14.3 Å². The van der Waals surface area contributed by atoms with E-state index in [1.165, 1.54) is 18.2 Å². The third kappa shape index (κ3) is 2.66. The van der Waals surface area contributed by atoms with Crippen molar-refractivity contribution in [3.05, 3.63) is 58.4 Å². The number of benzene rings is 1. The van der Waals surface area contributed by atoms with Crippen molar-refractivity contribution in [2.45, 2.75) is 19.8 Å². The summed E-state index contributed by atoms with van der Waals surface area (Å²) in [6.07, 6.45) is 0. The first-order chi connectivity index (χ1) is 10.5. The van der Waals surface area contributed by atoms with E-state index in [2.05, 4.69) is 0 Å². The lowest BCUT2D eigenvalue weighted by Crippen LogP contribution is -2.26. The largest absolute Gasteiger partial charge is 0.462 e. The summed E-state index contributed by atoms with van der Waals surface area (Å²) in [5.74, 6) is -2.15. The van der Waals surface area contributed by atoms with E-state index >= 15 is 0 Å². The molecule has 0 radical (unpaired) electrons. The zero-order valence-electron chi connectivity index (χ0n) is 12.2. The normalized spacial score (nSPS) is 17.8. The zero-order valence-corrected chi connectivity index (χ0v) is 12.2. The molecule has 1 aliphatic rings. The van der Waals surface area contributed by atoms with Gasteiger partial charge in [0.25, 0.3) is 0 Å². The van der Waals surface area contributed by atoms with Crippen LogP contribution < -0.4 is 5.73 Å². The monoisotopic (exact) mass is 302 g/mol. The number of hydrogen-bond donors (Lipinski definition) is 1. The lowest BCUT2D eigenvalue weighted by Gasteiger charge is -2.26. The van der Waals surface area contributed by atoms with Crippen LogP contribution >= 0.6 is 0 Å². The van der Waals surface area contributed by atoms with Crippen molar-refractivity contribution in [1.82, 2.24) is 0 Å². The van der Waals surface area contributed by atoms with Gasteiger partial charge in [0, 0.05) is 5.56 Å². The minimum atomic E-state index is -0.945. The molecule has 0 aliphatic carbocycles. The number of ether oxygens (including phenoxy) is 2. The van der Waals surface area contributed by atoms with Gasteiger partial charge < -0.3 is 15.2 Å². The van der Waals surface area contributed by atoms with Crippen LogP contribution in [0, 0.1) is 17.1 Å². The summed E-state index contributed by atoms with van der Waals surface area (Å²) in [6, 6.07) is 7.88. The first-order valence-corrected chi connectivity index (χ1v) is 6.71. The smallest absolute Gasteiger partial charge is 0.340 e. The minimum Gasteiger partial charge on any atom is -0.462 e. The summed E-state index contributed by atoms with van der Waals surface area (Å²) in [4.78, 5) is 12.2. The van der Waals surface area contributed by atoms with E-state index in [1.807, 2.05) is 6.07 Å². The predicted molar refractivity (Wildman–Crippen MR) is 76.4 cm³/mol. The van der Waals surface area contributed by atoms with Crippen molar-refractivity contribution < 1.29 is 18.7 Å². The molecule has 1 heterocycles. The Labute approximate surface area is 127 Å². The fourth-order valence-corrected chi connectivity index (χ4v) is 2.36. The number of hydrogen-bond acceptors (Lipinski definition) is 5. The molecule has 1 aromatic carbocycles. The van der Waals surface area contributed by atoms with Crippen LogP contribution in [0.15, 0.2) is 47.1 Å². The molecule has 2 N–H and O–H groups in total. The molecule has 114 valence electrons. The zero-order chi connectivity index (χ0) is 16.3. The van der Waals surface area contributed by atoms with Crippen molar-refractivity contribution >= 4 is 5.97 Å². The van der Waals surface area contributed by atoms with Gasteiger partial charge >= 0.3 is 5.97 Å². The number of nitrogens with zero attached hydrogens (tertiary/aromatic N) is 1. The molecule has 1 atom stereocenters. The average molecular weight is 302 g/mol. The van der Waals surface area contributed by atoms with E-state index in [9.17, 15) is 14.4 Å². The molecule has 6 heteroatoms. The number of allylic oxidation sites excluding steroid dienone is 2. The van der Waals surface area contributed by atoms with E-state index in [0.717, 1.165) is 0 Å². The maximum Gasteiger partial charge on any atom is 0.340 e. The van der Waals surface area contributed by atoms with Gasteiger partial charge in [0.1, 0.15) is 17.1 Å². The van der Waals surface area contributed by atoms with Gasteiger partial charge in [0.2, 0.25) is 5.88 Å². The molecule has 0 fully saturated rings. The second-order valence-electron chi connectivity index (χ2n) is 4.64. The van der Waals surface area contributed by atoms with Gasteiger partial charge in [0.05, 0.1) is 24.2 Å². The van der Waals surface area contributed by atoms with E-state index in [1.54, 1.807) is 19.9 Å². The Morgan fingerprint density at radius 1 is 1.50 bits per heavy atom. The summed E-state index contributed by atoms with van der Waals surface area (Å²) in [7, 11) is 0. The molecule has 0 bridgehead atoms. The summed E-state index contributed by atoms with van der Waals surface area (Å²) in [5, 5.41) is 9.37. The predicted octanol–water partition coefficient (Wildman–Crippen LogP) is 2.47. The van der Waals surface area contributed by atoms with Gasteiger partial charge in [-0.25, -0.2) is 9.18 Å². The van der Waals surface area contributed by atoms with Crippen LogP contribution in [-0.4, -0.2) is 12.6 Å². The molecule has 0 saturated carbocycles. The third-order valence-corrected chi connectivity index (χ3v) is 3.32. The van der Waals surface area contributed by atoms with Crippen molar-refractivity contribution in [2.24, 2.45) is 5.73 Å². The van der Waals surface area contributed by atoms with Crippen molar-refractivity contribution in [2.75, 3.05) is 6.61 Å². The van der Waals surface area contributed by atoms with Crippen LogP contribution in [0.2, 0.25) is 0 Å². The number of esters is 1. The van der Waals surface area contributed by atoms with Crippen LogP contribution in [0.1, 0.15) is 25.3 Å². The minimum absolute atomic E-state index is 0.0610. The highest BCUT2D eigenvalue weighted by atomic mass is 19.1. The highest BCUT2D eigenvalue weighted by Gasteiger charge is 2.37. The van der Waals surface area contributed by atoms with Gasteiger partial charge in [-0.1, -0.05) is 18.2 Å². The van der Waals surface area contributed by atoms with Gasteiger partial charge in [-0.2, -0.15) is 5.26 Å². The Morgan fingerprint density at radius 2 is 2.18 bits per heavy atom. The van der Waals surface area contributed by atoms with Crippen LogP contribution in [0.5, 0.6) is 0 Å². The van der Waals surface area contributed by atoms with Crippen molar-refractivity contribution in [1.29, 1.82) is 5.26 Å². The Balaban J connectivity index is 2.65. The summed E-state index contributed by atoms with van der Waals surface area (Å²) in [6.45, 7) is 3.31. The maximum absolute atomic E-state index is 14.2. The number of carbonyl (C=O) groups excluding carboxylic acids is 1. The molecule has 0 spiro atoms. The number of halogens is 1. The molecule has 22 heavy (non-hydrogen) atoms. The molecular weight excluding hydrogens is 287 g/mol. The average Bonchev–Trinajstić information content (AvgIpc) is 2.47. The molecule has 0 saturated heterocycles. The topological polar surface area (TPSA) is 85.3 Å². The molecular formula is C16H15FN2O3. The Bertz CT molecular complexity index is 716. The summed E-state index contributed by atoms with van der Waals surface area (Å²) in [5.41, 5.74) is 6.03. The number of carbonyl (C=O) groups is 1. The Kier molecular flexibility index (Phi) is 4.47. The molecule has 1 unspecified atom stereocenters. The Morgan fingerprint density at radius 3 is 2.77 bits per heavy atom. The van der Waals surface area contributed by atoms with Gasteiger partial charge in [0.15, 0.2) is 0 Å². The number of nitrogens with two attached hydrogens (primary N) is 1. The van der Waals surface area contributed by atoms with Gasteiger partial charge in [-0.3, -0.25) is 0 Å². The fraction of sp³-hybridized carbons (Fsp3) is 0.250. The number of rotatable bonds is 3. The van der Waals surface area contributed by atoms with Crippen LogP contribution in [0.25, 0.3) is 0 Å². The molecule has 5 nitrogen and oxygen atoms in total. The summed E-state index contributed by atoms with van der Waals surface area (Å²) >= 11 is 0. The maximum atomic E-state index is 14.2.